The maximum Gasteiger partial charge on any atom is 0.225 e. The maximum absolute atomic E-state index is 11.7. The summed E-state index contributed by atoms with van der Waals surface area (Å²) >= 11 is 0. The van der Waals surface area contributed by atoms with E-state index >= 15 is 0 Å². The monoisotopic (exact) mass is 199 g/mol. The van der Waals surface area contributed by atoms with E-state index in [1.54, 1.807) is 7.11 Å². The van der Waals surface area contributed by atoms with Crippen molar-refractivity contribution in [1.82, 2.24) is 5.32 Å². The van der Waals surface area contributed by atoms with E-state index < -0.39 is 0 Å². The fourth-order valence-electron chi connectivity index (χ4n) is 1.76. The Bertz CT molecular complexity index is 208. The largest absolute Gasteiger partial charge is 0.379 e. The molecular weight excluding hydrogens is 178 g/mol. The van der Waals surface area contributed by atoms with Crippen LogP contribution in [-0.2, 0) is 9.53 Å². The molecule has 1 N–H and O–H groups in total. The number of hydrogen-bond acceptors (Lipinski definition) is 2. The van der Waals surface area contributed by atoms with E-state index in [4.69, 9.17) is 4.74 Å². The van der Waals surface area contributed by atoms with Gasteiger partial charge in [0.05, 0.1) is 12.1 Å². The molecule has 0 radical (unpaired) electrons. The number of hydrogen-bond donors (Lipinski definition) is 1. The Balaban J connectivity index is 2.48. The van der Waals surface area contributed by atoms with Crippen molar-refractivity contribution in [2.24, 2.45) is 5.41 Å². The van der Waals surface area contributed by atoms with Gasteiger partial charge in [-0.05, 0) is 19.3 Å². The molecule has 0 aromatic carbocycles. The molecule has 0 heterocycles. The highest BCUT2D eigenvalue weighted by Gasteiger charge is 2.31. The first-order valence-electron chi connectivity index (χ1n) is 5.29. The summed E-state index contributed by atoms with van der Waals surface area (Å²) in [4.78, 5) is 11.7. The summed E-state index contributed by atoms with van der Waals surface area (Å²) in [5, 5.41) is 3.06. The van der Waals surface area contributed by atoms with Gasteiger partial charge in [-0.1, -0.05) is 20.8 Å². The smallest absolute Gasteiger partial charge is 0.225 e. The second kappa shape index (κ2) is 4.30. The lowest BCUT2D eigenvalue weighted by Crippen LogP contribution is -2.45. The number of nitrogens with one attached hydrogen (secondary N) is 1. The molecule has 0 saturated heterocycles. The third kappa shape index (κ3) is 2.71. The molecule has 1 amide bonds. The standard InChI is InChI=1S/C11H21NO2/c1-11(2,3)10(13)12-8-6-5-7-9(8)14-4/h8-9H,5-7H2,1-4H3,(H,12,13). The minimum absolute atomic E-state index is 0.117. The van der Waals surface area contributed by atoms with Crippen molar-refractivity contribution in [2.75, 3.05) is 7.11 Å². The predicted molar refractivity (Wildman–Crippen MR) is 56.0 cm³/mol. The van der Waals surface area contributed by atoms with Crippen LogP contribution in [0, 0.1) is 5.41 Å². The third-order valence-corrected chi connectivity index (χ3v) is 2.75. The van der Waals surface area contributed by atoms with Gasteiger partial charge in [0.15, 0.2) is 0 Å². The Morgan fingerprint density at radius 3 is 2.50 bits per heavy atom. The molecule has 0 bridgehead atoms. The number of carbonyl (C=O) groups is 1. The average Bonchev–Trinajstić information content (AvgIpc) is 2.50. The van der Waals surface area contributed by atoms with Gasteiger partial charge < -0.3 is 10.1 Å². The van der Waals surface area contributed by atoms with Crippen LogP contribution >= 0.6 is 0 Å². The van der Waals surface area contributed by atoms with Gasteiger partial charge >= 0.3 is 0 Å². The van der Waals surface area contributed by atoms with Crippen molar-refractivity contribution in [1.29, 1.82) is 0 Å². The topological polar surface area (TPSA) is 38.3 Å². The summed E-state index contributed by atoms with van der Waals surface area (Å²) in [6, 6.07) is 0.215. The lowest BCUT2D eigenvalue weighted by Gasteiger charge is -2.24. The van der Waals surface area contributed by atoms with E-state index in [1.807, 2.05) is 20.8 Å². The van der Waals surface area contributed by atoms with Crippen LogP contribution in [0.2, 0.25) is 0 Å². The van der Waals surface area contributed by atoms with Gasteiger partial charge in [0, 0.05) is 12.5 Å². The molecule has 2 unspecified atom stereocenters. The van der Waals surface area contributed by atoms with Gasteiger partial charge in [-0.15, -0.1) is 0 Å². The summed E-state index contributed by atoms with van der Waals surface area (Å²) in [6.45, 7) is 5.79. The molecule has 3 heteroatoms. The lowest BCUT2D eigenvalue weighted by atomic mass is 9.95. The third-order valence-electron chi connectivity index (χ3n) is 2.75. The van der Waals surface area contributed by atoms with Crippen molar-refractivity contribution >= 4 is 5.91 Å². The minimum Gasteiger partial charge on any atom is -0.379 e. The maximum atomic E-state index is 11.7. The van der Waals surface area contributed by atoms with Crippen molar-refractivity contribution in [2.45, 2.75) is 52.2 Å². The first kappa shape index (κ1) is 11.5. The zero-order valence-corrected chi connectivity index (χ0v) is 9.59. The molecule has 0 aliphatic heterocycles. The van der Waals surface area contributed by atoms with Crippen LogP contribution in [0.3, 0.4) is 0 Å². The molecule has 1 rings (SSSR count). The van der Waals surface area contributed by atoms with Crippen molar-refractivity contribution < 1.29 is 9.53 Å². The van der Waals surface area contributed by atoms with Gasteiger partial charge in [-0.3, -0.25) is 4.79 Å². The highest BCUT2D eigenvalue weighted by Crippen LogP contribution is 2.23. The highest BCUT2D eigenvalue weighted by atomic mass is 16.5. The highest BCUT2D eigenvalue weighted by molar-refractivity contribution is 5.81. The van der Waals surface area contributed by atoms with Crippen molar-refractivity contribution in [3.8, 4) is 0 Å². The number of amides is 1. The van der Waals surface area contributed by atoms with Gasteiger partial charge in [-0.2, -0.15) is 0 Å². The van der Waals surface area contributed by atoms with E-state index in [-0.39, 0.29) is 23.5 Å². The molecule has 2 atom stereocenters. The van der Waals surface area contributed by atoms with E-state index in [1.165, 1.54) is 0 Å². The molecular formula is C11H21NO2. The predicted octanol–water partition coefficient (Wildman–Crippen LogP) is 1.72. The summed E-state index contributed by atoms with van der Waals surface area (Å²) in [5.41, 5.74) is -0.305. The Kier molecular flexibility index (Phi) is 3.53. The van der Waals surface area contributed by atoms with Crippen molar-refractivity contribution in [3.63, 3.8) is 0 Å². The van der Waals surface area contributed by atoms with Crippen LogP contribution in [0.25, 0.3) is 0 Å². The molecule has 0 spiro atoms. The summed E-state index contributed by atoms with van der Waals surface area (Å²) in [6.07, 6.45) is 3.46. The van der Waals surface area contributed by atoms with E-state index in [0.29, 0.717) is 0 Å². The second-order valence-corrected chi connectivity index (χ2v) is 5.04. The van der Waals surface area contributed by atoms with Crippen LogP contribution in [0.1, 0.15) is 40.0 Å². The normalized spacial score (nSPS) is 27.7. The van der Waals surface area contributed by atoms with Crippen molar-refractivity contribution in [3.05, 3.63) is 0 Å². The quantitative estimate of drug-likeness (QED) is 0.735. The minimum atomic E-state index is -0.305. The van der Waals surface area contributed by atoms with Gasteiger partial charge in [0.25, 0.3) is 0 Å². The molecule has 14 heavy (non-hydrogen) atoms. The zero-order chi connectivity index (χ0) is 10.8. The summed E-state index contributed by atoms with van der Waals surface area (Å²) in [7, 11) is 1.71. The Morgan fingerprint density at radius 1 is 1.36 bits per heavy atom. The molecule has 1 fully saturated rings. The fraction of sp³-hybridized carbons (Fsp3) is 0.909. The van der Waals surface area contributed by atoms with Crippen LogP contribution in [-0.4, -0.2) is 25.2 Å². The molecule has 1 saturated carbocycles. The van der Waals surface area contributed by atoms with Crippen LogP contribution in [0.4, 0.5) is 0 Å². The summed E-state index contributed by atoms with van der Waals surface area (Å²) in [5.74, 6) is 0.117. The lowest BCUT2D eigenvalue weighted by molar-refractivity contribution is -0.130. The van der Waals surface area contributed by atoms with E-state index in [2.05, 4.69) is 5.32 Å². The van der Waals surface area contributed by atoms with Gasteiger partial charge in [0.1, 0.15) is 0 Å². The SMILES string of the molecule is COC1CCCC1NC(=O)C(C)(C)C. The number of carbonyl (C=O) groups excluding carboxylic acids is 1. The molecule has 3 nitrogen and oxygen atoms in total. The molecule has 82 valence electrons. The molecule has 0 aromatic heterocycles. The van der Waals surface area contributed by atoms with Gasteiger partial charge in [-0.25, -0.2) is 0 Å². The zero-order valence-electron chi connectivity index (χ0n) is 9.59. The average molecular weight is 199 g/mol. The number of methoxy groups -OCH3 is 1. The van der Waals surface area contributed by atoms with Crippen LogP contribution in [0.5, 0.6) is 0 Å². The fourth-order valence-corrected chi connectivity index (χ4v) is 1.76. The van der Waals surface area contributed by atoms with Crippen LogP contribution < -0.4 is 5.32 Å². The number of rotatable bonds is 2. The summed E-state index contributed by atoms with van der Waals surface area (Å²) < 4.78 is 5.32. The Labute approximate surface area is 86.2 Å². The molecule has 1 aliphatic rings. The number of ether oxygens (including phenoxy) is 1. The second-order valence-electron chi connectivity index (χ2n) is 5.04. The van der Waals surface area contributed by atoms with Gasteiger partial charge in [0.2, 0.25) is 5.91 Å². The Morgan fingerprint density at radius 2 is 2.00 bits per heavy atom. The first-order valence-corrected chi connectivity index (χ1v) is 5.29. The van der Waals surface area contributed by atoms with Crippen LogP contribution in [0.15, 0.2) is 0 Å². The molecule has 1 aliphatic carbocycles. The Hall–Kier alpha value is -0.570. The van der Waals surface area contributed by atoms with E-state index in [0.717, 1.165) is 19.3 Å². The first-order chi connectivity index (χ1) is 6.45. The van der Waals surface area contributed by atoms with E-state index in [9.17, 15) is 4.79 Å². The molecule has 0 aromatic rings.